The smallest absolute Gasteiger partial charge is 0.338 e. The molecule has 0 aliphatic carbocycles. The van der Waals surface area contributed by atoms with E-state index in [1.54, 1.807) is 48.5 Å². The van der Waals surface area contributed by atoms with Crippen LogP contribution in [0.2, 0.25) is 0 Å². The third-order valence-corrected chi connectivity index (χ3v) is 5.23. The molecule has 2 amide bonds. The summed E-state index contributed by atoms with van der Waals surface area (Å²) >= 11 is 0. The second kappa shape index (κ2) is 11.2. The monoisotopic (exact) mass is 466 g/mol. The first-order valence-electron chi connectivity index (χ1n) is 10.9. The van der Waals surface area contributed by atoms with Gasteiger partial charge in [-0.3, -0.25) is 19.2 Å². The molecule has 1 aliphatic heterocycles. The van der Waals surface area contributed by atoms with Gasteiger partial charge in [0.25, 0.3) is 5.91 Å². The van der Waals surface area contributed by atoms with E-state index in [9.17, 15) is 24.0 Å². The number of benzene rings is 2. The quantitative estimate of drug-likeness (QED) is 0.446. The first-order chi connectivity index (χ1) is 16.3. The number of amides is 2. The lowest BCUT2D eigenvalue weighted by atomic mass is 10.1. The molecule has 2 aromatic carbocycles. The van der Waals surface area contributed by atoms with Crippen LogP contribution in [-0.4, -0.2) is 49.3 Å². The molecule has 34 heavy (non-hydrogen) atoms. The molecule has 1 fully saturated rings. The van der Waals surface area contributed by atoms with Gasteiger partial charge >= 0.3 is 11.9 Å². The van der Waals surface area contributed by atoms with Crippen molar-refractivity contribution in [3.63, 3.8) is 0 Å². The normalized spacial score (nSPS) is 15.1. The number of rotatable bonds is 9. The van der Waals surface area contributed by atoms with Crippen LogP contribution in [0, 0.1) is 5.92 Å². The van der Waals surface area contributed by atoms with Gasteiger partial charge in [-0.15, -0.1) is 0 Å². The summed E-state index contributed by atoms with van der Waals surface area (Å²) in [5, 5.41) is 2.58. The van der Waals surface area contributed by atoms with Crippen LogP contribution in [0.1, 0.15) is 47.4 Å². The SMILES string of the molecule is CCCOC(=O)c1ccc(N2C[C@H](C(=O)OCC(=O)Nc3ccc(C(C)=O)cc3)CC2=O)cc1. The standard InChI is InChI=1S/C25H26N2O7/c1-3-12-33-24(31)18-6-10-21(11-7-18)27-14-19(13-23(27)30)25(32)34-15-22(29)26-20-8-4-17(5-9-20)16(2)28/h4-11,19H,3,12-15H2,1-2H3,(H,26,29)/t19-/m1/s1. The number of nitrogens with one attached hydrogen (secondary N) is 1. The summed E-state index contributed by atoms with van der Waals surface area (Å²) in [4.78, 5) is 61.6. The number of nitrogens with zero attached hydrogens (tertiary/aromatic N) is 1. The molecule has 9 nitrogen and oxygen atoms in total. The van der Waals surface area contributed by atoms with Crippen molar-refractivity contribution in [1.29, 1.82) is 0 Å². The summed E-state index contributed by atoms with van der Waals surface area (Å²) in [6.07, 6.45) is 0.687. The topological polar surface area (TPSA) is 119 Å². The Kier molecular flexibility index (Phi) is 8.13. The molecular formula is C25H26N2O7. The second-order valence-electron chi connectivity index (χ2n) is 7.88. The zero-order valence-corrected chi connectivity index (χ0v) is 19.0. The first kappa shape index (κ1) is 24.6. The van der Waals surface area contributed by atoms with Gasteiger partial charge in [0, 0.05) is 29.9 Å². The number of hydrogen-bond donors (Lipinski definition) is 1. The number of carbonyl (C=O) groups is 5. The zero-order valence-electron chi connectivity index (χ0n) is 19.0. The van der Waals surface area contributed by atoms with Gasteiger partial charge in [-0.1, -0.05) is 6.92 Å². The Morgan fingerprint density at radius 3 is 2.24 bits per heavy atom. The molecule has 1 atom stereocenters. The summed E-state index contributed by atoms with van der Waals surface area (Å²) in [5.74, 6) is -2.65. The zero-order chi connectivity index (χ0) is 24.7. The largest absolute Gasteiger partial charge is 0.462 e. The van der Waals surface area contributed by atoms with Gasteiger partial charge < -0.3 is 19.7 Å². The molecule has 0 spiro atoms. The van der Waals surface area contributed by atoms with E-state index < -0.39 is 30.4 Å². The Morgan fingerprint density at radius 2 is 1.62 bits per heavy atom. The van der Waals surface area contributed by atoms with E-state index in [0.717, 1.165) is 6.42 Å². The van der Waals surface area contributed by atoms with Crippen molar-refractivity contribution in [2.24, 2.45) is 5.92 Å². The molecule has 0 aromatic heterocycles. The molecule has 1 saturated heterocycles. The Balaban J connectivity index is 1.50. The number of anilines is 2. The lowest BCUT2D eigenvalue weighted by Crippen LogP contribution is -2.28. The fourth-order valence-corrected chi connectivity index (χ4v) is 3.41. The molecule has 2 aromatic rings. The minimum absolute atomic E-state index is 0.0345. The number of Topliss-reactive ketones (excluding diaryl/α,β-unsaturated/α-hetero) is 1. The van der Waals surface area contributed by atoms with E-state index in [4.69, 9.17) is 9.47 Å². The minimum atomic E-state index is -0.704. The molecule has 9 heteroatoms. The predicted octanol–water partition coefficient (Wildman–Crippen LogP) is 2.99. The molecule has 0 bridgehead atoms. The van der Waals surface area contributed by atoms with Gasteiger partial charge in [0.15, 0.2) is 12.4 Å². The van der Waals surface area contributed by atoms with Crippen molar-refractivity contribution in [3.8, 4) is 0 Å². The summed E-state index contributed by atoms with van der Waals surface area (Å²) in [6.45, 7) is 3.30. The van der Waals surface area contributed by atoms with Crippen molar-refractivity contribution in [3.05, 3.63) is 59.7 Å². The maximum Gasteiger partial charge on any atom is 0.338 e. The molecule has 0 unspecified atom stereocenters. The molecule has 1 N–H and O–H groups in total. The van der Waals surface area contributed by atoms with Gasteiger partial charge in [-0.2, -0.15) is 0 Å². The Morgan fingerprint density at radius 1 is 0.971 bits per heavy atom. The average molecular weight is 466 g/mol. The number of ether oxygens (including phenoxy) is 2. The highest BCUT2D eigenvalue weighted by molar-refractivity contribution is 6.00. The van der Waals surface area contributed by atoms with Gasteiger partial charge in [0.1, 0.15) is 0 Å². The van der Waals surface area contributed by atoms with Gasteiger partial charge in [0.05, 0.1) is 18.1 Å². The third-order valence-electron chi connectivity index (χ3n) is 5.23. The first-order valence-corrected chi connectivity index (χ1v) is 10.9. The fourth-order valence-electron chi connectivity index (χ4n) is 3.41. The predicted molar refractivity (Wildman–Crippen MR) is 124 cm³/mol. The van der Waals surface area contributed by atoms with Crippen molar-refractivity contribution in [2.75, 3.05) is 30.0 Å². The van der Waals surface area contributed by atoms with Crippen molar-refractivity contribution < 1.29 is 33.4 Å². The number of ketones is 1. The Bertz CT molecular complexity index is 1080. The molecular weight excluding hydrogens is 440 g/mol. The summed E-state index contributed by atoms with van der Waals surface area (Å²) < 4.78 is 10.2. The number of hydrogen-bond acceptors (Lipinski definition) is 7. The van der Waals surface area contributed by atoms with Crippen molar-refractivity contribution in [1.82, 2.24) is 0 Å². The van der Waals surface area contributed by atoms with Crippen molar-refractivity contribution >= 4 is 40.9 Å². The van der Waals surface area contributed by atoms with Crippen molar-refractivity contribution in [2.45, 2.75) is 26.7 Å². The van der Waals surface area contributed by atoms with Crippen LogP contribution in [0.5, 0.6) is 0 Å². The highest BCUT2D eigenvalue weighted by Crippen LogP contribution is 2.26. The van der Waals surface area contributed by atoms with E-state index in [-0.39, 0.29) is 24.7 Å². The lowest BCUT2D eigenvalue weighted by Gasteiger charge is -2.17. The molecule has 3 rings (SSSR count). The van der Waals surface area contributed by atoms with Crippen LogP contribution in [-0.2, 0) is 23.9 Å². The van der Waals surface area contributed by atoms with E-state index in [0.29, 0.717) is 29.1 Å². The summed E-state index contributed by atoms with van der Waals surface area (Å²) in [5.41, 5.74) is 1.92. The van der Waals surface area contributed by atoms with Crippen LogP contribution in [0.25, 0.3) is 0 Å². The molecule has 1 heterocycles. The van der Waals surface area contributed by atoms with Crippen LogP contribution in [0.15, 0.2) is 48.5 Å². The van der Waals surface area contributed by atoms with Crippen LogP contribution >= 0.6 is 0 Å². The maximum absolute atomic E-state index is 12.4. The third kappa shape index (κ3) is 6.28. The molecule has 178 valence electrons. The molecule has 0 saturated carbocycles. The van der Waals surface area contributed by atoms with Gasteiger partial charge in [-0.25, -0.2) is 4.79 Å². The van der Waals surface area contributed by atoms with Gasteiger partial charge in [-0.05, 0) is 61.9 Å². The highest BCUT2D eigenvalue weighted by atomic mass is 16.5. The Hall–Kier alpha value is -4.01. The van der Waals surface area contributed by atoms with E-state index >= 15 is 0 Å². The fraction of sp³-hybridized carbons (Fsp3) is 0.320. The summed E-state index contributed by atoms with van der Waals surface area (Å²) in [7, 11) is 0. The van der Waals surface area contributed by atoms with Gasteiger partial charge in [0.2, 0.25) is 5.91 Å². The minimum Gasteiger partial charge on any atom is -0.462 e. The van der Waals surface area contributed by atoms with E-state index in [1.165, 1.54) is 11.8 Å². The van der Waals surface area contributed by atoms with Crippen LogP contribution in [0.4, 0.5) is 11.4 Å². The molecule has 0 radical (unpaired) electrons. The number of esters is 2. The van der Waals surface area contributed by atoms with Crippen LogP contribution < -0.4 is 10.2 Å². The van der Waals surface area contributed by atoms with E-state index in [1.807, 2.05) is 6.92 Å². The Labute approximate surface area is 197 Å². The lowest BCUT2D eigenvalue weighted by molar-refractivity contribution is -0.151. The number of carbonyl (C=O) groups excluding carboxylic acids is 5. The maximum atomic E-state index is 12.4. The average Bonchev–Trinajstić information content (AvgIpc) is 3.23. The van der Waals surface area contributed by atoms with Crippen LogP contribution in [0.3, 0.4) is 0 Å². The highest BCUT2D eigenvalue weighted by Gasteiger charge is 2.36. The summed E-state index contributed by atoms with van der Waals surface area (Å²) in [6, 6.07) is 12.7. The molecule has 1 aliphatic rings. The second-order valence-corrected chi connectivity index (χ2v) is 7.88. The van der Waals surface area contributed by atoms with E-state index in [2.05, 4.69) is 5.32 Å².